The predicted molar refractivity (Wildman–Crippen MR) is 70.6 cm³/mol. The normalized spacial score (nSPS) is 24.2. The molecule has 1 saturated carbocycles. The van der Waals surface area contributed by atoms with Crippen molar-refractivity contribution in [2.45, 2.75) is 38.1 Å². The molecule has 0 aliphatic heterocycles. The molecule has 1 aliphatic rings. The van der Waals surface area contributed by atoms with Gasteiger partial charge in [-0.3, -0.25) is 4.79 Å². The molecule has 1 unspecified atom stereocenters. The third kappa shape index (κ3) is 2.27. The standard InChI is InChI=1S/C14H19NO.CH3/c1-11-7-3-4-8-12(11)14(15-2)10-6-5-9-13(14)16;/h3-4,7-8,15H,5-6,9-10H2,1-2H3;1H3/q;-1/p+1. The van der Waals surface area contributed by atoms with Crippen molar-refractivity contribution < 1.29 is 10.1 Å². The van der Waals surface area contributed by atoms with Crippen LogP contribution in [0.15, 0.2) is 24.3 Å². The van der Waals surface area contributed by atoms with Gasteiger partial charge in [0.2, 0.25) is 0 Å². The number of Topliss-reactive ketones (excluding diaryl/α,β-unsaturated/α-hetero) is 1. The van der Waals surface area contributed by atoms with Crippen LogP contribution < -0.4 is 5.32 Å². The summed E-state index contributed by atoms with van der Waals surface area (Å²) in [6.07, 6.45) is 3.93. The highest BCUT2D eigenvalue weighted by Gasteiger charge is 2.44. The van der Waals surface area contributed by atoms with Gasteiger partial charge in [-0.05, 0) is 25.3 Å². The summed E-state index contributed by atoms with van der Waals surface area (Å²) >= 11 is 0. The minimum Gasteiger partial charge on any atom is -0.358 e. The van der Waals surface area contributed by atoms with Crippen LogP contribution in [-0.4, -0.2) is 12.8 Å². The van der Waals surface area contributed by atoms with Gasteiger partial charge in [0.25, 0.3) is 0 Å². The van der Waals surface area contributed by atoms with E-state index in [-0.39, 0.29) is 13.0 Å². The average molecular weight is 233 g/mol. The van der Waals surface area contributed by atoms with Crippen LogP contribution in [0.1, 0.15) is 36.8 Å². The molecule has 2 heteroatoms. The van der Waals surface area contributed by atoms with Crippen LogP contribution in [0, 0.1) is 14.4 Å². The molecule has 0 saturated heterocycles. The van der Waals surface area contributed by atoms with Gasteiger partial charge in [0.15, 0.2) is 11.3 Å². The Morgan fingerprint density at radius 1 is 1.24 bits per heavy atom. The molecule has 0 heterocycles. The van der Waals surface area contributed by atoms with Crippen LogP contribution in [0.5, 0.6) is 0 Å². The predicted octanol–water partition coefficient (Wildman–Crippen LogP) is 1.98. The summed E-state index contributed by atoms with van der Waals surface area (Å²) in [6.45, 7) is 2.10. The molecule has 2 N–H and O–H groups in total. The zero-order valence-electron chi connectivity index (χ0n) is 11.1. The third-order valence-corrected chi connectivity index (χ3v) is 3.84. The van der Waals surface area contributed by atoms with Crippen LogP contribution in [0.4, 0.5) is 0 Å². The maximum absolute atomic E-state index is 12.3. The van der Waals surface area contributed by atoms with Gasteiger partial charge in [-0.15, -0.1) is 0 Å². The number of carbonyl (C=O) groups excluding carboxylic acids is 1. The van der Waals surface area contributed by atoms with Gasteiger partial charge in [0.1, 0.15) is 0 Å². The van der Waals surface area contributed by atoms with Crippen LogP contribution in [0.2, 0.25) is 0 Å². The number of aryl methyl sites for hydroxylation is 1. The molecule has 94 valence electrons. The van der Waals surface area contributed by atoms with E-state index < -0.39 is 0 Å². The van der Waals surface area contributed by atoms with Crippen molar-refractivity contribution in [1.82, 2.24) is 0 Å². The van der Waals surface area contributed by atoms with Crippen molar-refractivity contribution in [3.05, 3.63) is 42.8 Å². The first-order valence-corrected chi connectivity index (χ1v) is 6.10. The van der Waals surface area contributed by atoms with Crippen LogP contribution >= 0.6 is 0 Å². The maximum Gasteiger partial charge on any atom is 0.197 e. The number of ketones is 1. The molecular formula is C15H23NO. The number of quaternary nitrogens is 1. The molecule has 2 nitrogen and oxygen atoms in total. The quantitative estimate of drug-likeness (QED) is 0.779. The van der Waals surface area contributed by atoms with E-state index in [9.17, 15) is 4.79 Å². The lowest BCUT2D eigenvalue weighted by Crippen LogP contribution is -2.94. The highest BCUT2D eigenvalue weighted by molar-refractivity contribution is 5.89. The number of carbonyl (C=O) groups is 1. The molecule has 0 spiro atoms. The van der Waals surface area contributed by atoms with E-state index in [0.29, 0.717) is 5.78 Å². The van der Waals surface area contributed by atoms with Crippen molar-refractivity contribution in [3.63, 3.8) is 0 Å². The van der Waals surface area contributed by atoms with E-state index in [0.717, 1.165) is 25.7 Å². The highest BCUT2D eigenvalue weighted by atomic mass is 16.1. The molecule has 0 bridgehead atoms. The first-order valence-electron chi connectivity index (χ1n) is 6.10. The van der Waals surface area contributed by atoms with Crippen molar-refractivity contribution >= 4 is 5.78 Å². The van der Waals surface area contributed by atoms with Crippen molar-refractivity contribution in [2.24, 2.45) is 0 Å². The molecule has 1 aliphatic carbocycles. The van der Waals surface area contributed by atoms with E-state index in [2.05, 4.69) is 24.4 Å². The second kappa shape index (κ2) is 5.46. The Labute approximate surface area is 104 Å². The van der Waals surface area contributed by atoms with Gasteiger partial charge in [0, 0.05) is 18.4 Å². The molecular weight excluding hydrogens is 210 g/mol. The molecule has 17 heavy (non-hydrogen) atoms. The van der Waals surface area contributed by atoms with Crippen molar-refractivity contribution in [1.29, 1.82) is 0 Å². The fourth-order valence-electron chi connectivity index (χ4n) is 2.87. The van der Waals surface area contributed by atoms with Gasteiger partial charge in [-0.2, -0.15) is 0 Å². The second-order valence-corrected chi connectivity index (χ2v) is 4.71. The first kappa shape index (κ1) is 13.9. The van der Waals surface area contributed by atoms with E-state index in [1.54, 1.807) is 0 Å². The highest BCUT2D eigenvalue weighted by Crippen LogP contribution is 2.32. The lowest BCUT2D eigenvalue weighted by molar-refractivity contribution is -0.698. The van der Waals surface area contributed by atoms with Crippen LogP contribution in [0.3, 0.4) is 0 Å². The lowest BCUT2D eigenvalue weighted by Gasteiger charge is -2.33. The molecule has 2 rings (SSSR count). The summed E-state index contributed by atoms with van der Waals surface area (Å²) in [5, 5.41) is 2.11. The van der Waals surface area contributed by atoms with Gasteiger partial charge in [-0.25, -0.2) is 0 Å². The number of rotatable bonds is 2. The fourth-order valence-corrected chi connectivity index (χ4v) is 2.87. The van der Waals surface area contributed by atoms with E-state index in [4.69, 9.17) is 0 Å². The average Bonchev–Trinajstić information content (AvgIpc) is 2.31. The second-order valence-electron chi connectivity index (χ2n) is 4.71. The number of benzene rings is 1. The van der Waals surface area contributed by atoms with Gasteiger partial charge in [-0.1, -0.05) is 24.3 Å². The summed E-state index contributed by atoms with van der Waals surface area (Å²) in [4.78, 5) is 12.3. The molecule has 0 radical (unpaired) electrons. The third-order valence-electron chi connectivity index (χ3n) is 3.84. The molecule has 0 aromatic heterocycles. The minimum atomic E-state index is -0.302. The number of hydrogen-bond donors (Lipinski definition) is 1. The van der Waals surface area contributed by atoms with Crippen molar-refractivity contribution in [3.8, 4) is 0 Å². The summed E-state index contributed by atoms with van der Waals surface area (Å²) in [7, 11) is 2.02. The van der Waals surface area contributed by atoms with E-state index in [1.165, 1.54) is 11.1 Å². The Morgan fingerprint density at radius 2 is 1.94 bits per heavy atom. The minimum absolute atomic E-state index is 0. The van der Waals surface area contributed by atoms with E-state index >= 15 is 0 Å². The topological polar surface area (TPSA) is 33.7 Å². The monoisotopic (exact) mass is 233 g/mol. The van der Waals surface area contributed by atoms with Gasteiger partial charge >= 0.3 is 0 Å². The van der Waals surface area contributed by atoms with Crippen LogP contribution in [0.25, 0.3) is 0 Å². The number of likely N-dealkylation sites (N-methyl/N-ethyl adjacent to an activating group) is 1. The molecule has 1 atom stereocenters. The van der Waals surface area contributed by atoms with Crippen molar-refractivity contribution in [2.75, 3.05) is 7.05 Å². The molecule has 1 aromatic carbocycles. The molecule has 1 fully saturated rings. The van der Waals surface area contributed by atoms with Gasteiger partial charge < -0.3 is 12.7 Å². The number of hydrogen-bond acceptors (Lipinski definition) is 1. The summed E-state index contributed by atoms with van der Waals surface area (Å²) < 4.78 is 0. The van der Waals surface area contributed by atoms with Gasteiger partial charge in [0.05, 0.1) is 7.05 Å². The van der Waals surface area contributed by atoms with Crippen LogP contribution in [-0.2, 0) is 10.3 Å². The summed E-state index contributed by atoms with van der Waals surface area (Å²) in [6, 6.07) is 8.28. The fraction of sp³-hybridized carbons (Fsp3) is 0.467. The summed E-state index contributed by atoms with van der Waals surface area (Å²) in [5.41, 5.74) is 2.14. The maximum atomic E-state index is 12.3. The largest absolute Gasteiger partial charge is 0.358 e. The smallest absolute Gasteiger partial charge is 0.197 e. The SMILES string of the molecule is C[NH2+]C1(c2ccccc2C)CCCCC1=O.[CH3-]. The Hall–Kier alpha value is -1.15. The Morgan fingerprint density at radius 3 is 2.53 bits per heavy atom. The Balaban J connectivity index is 0.00000144. The lowest BCUT2D eigenvalue weighted by atomic mass is 9.74. The molecule has 0 amide bonds. The number of nitrogens with two attached hydrogens (primary N) is 1. The Bertz CT molecular complexity index is 400. The zero-order valence-corrected chi connectivity index (χ0v) is 11.1. The summed E-state index contributed by atoms with van der Waals surface area (Å²) in [5.74, 6) is 0.399. The first-order chi connectivity index (χ1) is 7.70. The zero-order chi connectivity index (χ0) is 11.6. The molecule has 1 aromatic rings. The Kier molecular flexibility index (Phi) is 4.47. The van der Waals surface area contributed by atoms with E-state index in [1.807, 2.05) is 19.2 Å².